The van der Waals surface area contributed by atoms with Crippen LogP contribution >= 0.6 is 0 Å². The van der Waals surface area contributed by atoms with Crippen molar-refractivity contribution in [2.75, 3.05) is 27.3 Å². The van der Waals surface area contributed by atoms with E-state index in [0.717, 1.165) is 18.4 Å². The van der Waals surface area contributed by atoms with Crippen molar-refractivity contribution in [3.63, 3.8) is 0 Å². The third kappa shape index (κ3) is 3.81. The number of methoxy groups -OCH3 is 2. The summed E-state index contributed by atoms with van der Waals surface area (Å²) in [5.41, 5.74) is 1.39. The fourth-order valence-electron chi connectivity index (χ4n) is 3.66. The Bertz CT molecular complexity index is 956. The van der Waals surface area contributed by atoms with Gasteiger partial charge in [0.2, 0.25) is 11.7 Å². The van der Waals surface area contributed by atoms with Crippen LogP contribution in [0.25, 0.3) is 11.4 Å². The zero-order valence-corrected chi connectivity index (χ0v) is 16.5. The first-order valence-electron chi connectivity index (χ1n) is 9.60. The lowest BCUT2D eigenvalue weighted by Crippen LogP contribution is -2.38. The summed E-state index contributed by atoms with van der Waals surface area (Å²) in [6, 6.07) is 15.1. The topological polar surface area (TPSA) is 77.7 Å². The zero-order valence-electron chi connectivity index (χ0n) is 16.5. The van der Waals surface area contributed by atoms with Crippen molar-refractivity contribution in [1.29, 1.82) is 0 Å². The highest BCUT2D eigenvalue weighted by Gasteiger charge is 2.30. The van der Waals surface area contributed by atoms with Crippen molar-refractivity contribution in [1.82, 2.24) is 15.0 Å². The van der Waals surface area contributed by atoms with Gasteiger partial charge in [-0.15, -0.1) is 0 Å². The summed E-state index contributed by atoms with van der Waals surface area (Å²) in [7, 11) is 3.11. The molecule has 0 unspecified atom stereocenters. The highest BCUT2D eigenvalue weighted by atomic mass is 16.5. The molecule has 0 bridgehead atoms. The predicted octanol–water partition coefficient (Wildman–Crippen LogP) is 3.77. The van der Waals surface area contributed by atoms with E-state index < -0.39 is 0 Å². The maximum absolute atomic E-state index is 13.1. The molecule has 3 aromatic rings. The van der Waals surface area contributed by atoms with E-state index in [4.69, 9.17) is 14.0 Å². The van der Waals surface area contributed by atoms with Gasteiger partial charge >= 0.3 is 0 Å². The van der Waals surface area contributed by atoms with Crippen molar-refractivity contribution in [3.05, 3.63) is 60.0 Å². The van der Waals surface area contributed by atoms with Gasteiger partial charge in [-0.2, -0.15) is 4.98 Å². The van der Waals surface area contributed by atoms with E-state index in [9.17, 15) is 4.79 Å². The molecule has 1 aliphatic heterocycles. The number of hydrogen-bond acceptors (Lipinski definition) is 6. The number of rotatable bonds is 5. The van der Waals surface area contributed by atoms with E-state index in [1.54, 1.807) is 32.4 Å². The van der Waals surface area contributed by atoms with Gasteiger partial charge < -0.3 is 18.9 Å². The number of ether oxygens (including phenoxy) is 2. The highest BCUT2D eigenvalue weighted by Crippen LogP contribution is 2.33. The quantitative estimate of drug-likeness (QED) is 0.657. The smallest absolute Gasteiger partial charge is 0.261 e. The van der Waals surface area contributed by atoms with Crippen LogP contribution in [0, 0.1) is 0 Å². The first-order valence-corrected chi connectivity index (χ1v) is 9.60. The minimum absolute atomic E-state index is 0.0896. The standard InChI is InChI=1S/C22H23N3O4/c1-27-17-9-6-10-18(28-2)19(17)22(26)25-13-11-16(12-14-25)21-23-20(24-29-21)15-7-4-3-5-8-15/h3-10,16H,11-14H2,1-2H3. The molecule has 0 saturated carbocycles. The number of carbonyl (C=O) groups is 1. The summed E-state index contributed by atoms with van der Waals surface area (Å²) in [5.74, 6) is 2.31. The molecule has 1 amide bonds. The van der Waals surface area contributed by atoms with E-state index in [1.165, 1.54) is 0 Å². The molecule has 2 heterocycles. The molecule has 1 aromatic heterocycles. The van der Waals surface area contributed by atoms with Crippen molar-refractivity contribution in [3.8, 4) is 22.9 Å². The summed E-state index contributed by atoms with van der Waals surface area (Å²) in [4.78, 5) is 19.5. The Balaban J connectivity index is 1.45. The normalized spacial score (nSPS) is 14.6. The first-order chi connectivity index (χ1) is 14.2. The van der Waals surface area contributed by atoms with Gasteiger partial charge in [-0.25, -0.2) is 0 Å². The summed E-state index contributed by atoms with van der Waals surface area (Å²) in [5, 5.41) is 4.11. The Kier molecular flexibility index (Phi) is 5.46. The van der Waals surface area contributed by atoms with Crippen molar-refractivity contribution < 1.29 is 18.8 Å². The minimum atomic E-state index is -0.0896. The van der Waals surface area contributed by atoms with Gasteiger partial charge in [0.15, 0.2) is 0 Å². The number of amides is 1. The van der Waals surface area contributed by atoms with E-state index in [-0.39, 0.29) is 11.8 Å². The third-order valence-corrected chi connectivity index (χ3v) is 5.25. The second-order valence-corrected chi connectivity index (χ2v) is 6.93. The molecule has 1 aliphatic rings. The monoisotopic (exact) mass is 393 g/mol. The Hall–Kier alpha value is -3.35. The van der Waals surface area contributed by atoms with Gasteiger partial charge in [0.1, 0.15) is 17.1 Å². The average Bonchev–Trinajstić information content (AvgIpc) is 3.29. The summed E-state index contributed by atoms with van der Waals surface area (Å²) < 4.78 is 16.3. The van der Waals surface area contributed by atoms with Crippen LogP contribution in [0.2, 0.25) is 0 Å². The second kappa shape index (κ2) is 8.34. The fourth-order valence-corrected chi connectivity index (χ4v) is 3.66. The van der Waals surface area contributed by atoms with E-state index in [1.807, 2.05) is 35.2 Å². The van der Waals surface area contributed by atoms with Crippen LogP contribution in [-0.2, 0) is 0 Å². The lowest BCUT2D eigenvalue weighted by atomic mass is 9.96. The number of aromatic nitrogens is 2. The molecule has 7 heteroatoms. The molecule has 7 nitrogen and oxygen atoms in total. The summed E-state index contributed by atoms with van der Waals surface area (Å²) in [6.45, 7) is 1.21. The average molecular weight is 393 g/mol. The van der Waals surface area contributed by atoms with Crippen molar-refractivity contribution >= 4 is 5.91 Å². The molecule has 0 aliphatic carbocycles. The molecule has 1 saturated heterocycles. The number of nitrogens with zero attached hydrogens (tertiary/aromatic N) is 3. The maximum Gasteiger partial charge on any atom is 0.261 e. The van der Waals surface area contributed by atoms with Crippen LogP contribution in [-0.4, -0.2) is 48.3 Å². The molecule has 1 fully saturated rings. The van der Waals surface area contributed by atoms with Gasteiger partial charge in [0.05, 0.1) is 14.2 Å². The SMILES string of the molecule is COc1cccc(OC)c1C(=O)N1CCC(c2nc(-c3ccccc3)no2)CC1. The minimum Gasteiger partial charge on any atom is -0.496 e. The van der Waals surface area contributed by atoms with Crippen molar-refractivity contribution in [2.24, 2.45) is 0 Å². The Labute approximate surface area is 169 Å². The number of hydrogen-bond donors (Lipinski definition) is 0. The molecule has 4 rings (SSSR count). The van der Waals surface area contributed by atoms with E-state index >= 15 is 0 Å². The molecular formula is C22H23N3O4. The molecule has 29 heavy (non-hydrogen) atoms. The fraction of sp³-hybridized carbons (Fsp3) is 0.318. The number of benzene rings is 2. The van der Waals surface area contributed by atoms with Gasteiger partial charge in [-0.3, -0.25) is 4.79 Å². The molecular weight excluding hydrogens is 370 g/mol. The van der Waals surface area contributed by atoms with Crippen LogP contribution < -0.4 is 9.47 Å². The maximum atomic E-state index is 13.1. The number of carbonyl (C=O) groups excluding carboxylic acids is 1. The van der Waals surface area contributed by atoms with E-state index in [0.29, 0.717) is 41.9 Å². The molecule has 0 N–H and O–H groups in total. The Morgan fingerprint density at radius 2 is 1.66 bits per heavy atom. The largest absolute Gasteiger partial charge is 0.496 e. The molecule has 150 valence electrons. The van der Waals surface area contributed by atoms with Crippen LogP contribution in [0.1, 0.15) is 35.0 Å². The van der Waals surface area contributed by atoms with Crippen LogP contribution in [0.4, 0.5) is 0 Å². The van der Waals surface area contributed by atoms with Gasteiger partial charge in [0, 0.05) is 24.6 Å². The lowest BCUT2D eigenvalue weighted by Gasteiger charge is -2.31. The third-order valence-electron chi connectivity index (χ3n) is 5.25. The molecule has 0 atom stereocenters. The number of piperidine rings is 1. The van der Waals surface area contributed by atoms with Gasteiger partial charge in [0.25, 0.3) is 5.91 Å². The van der Waals surface area contributed by atoms with Gasteiger partial charge in [-0.05, 0) is 25.0 Å². The first kappa shape index (κ1) is 19.0. The summed E-state index contributed by atoms with van der Waals surface area (Å²) >= 11 is 0. The second-order valence-electron chi connectivity index (χ2n) is 6.93. The Morgan fingerprint density at radius 1 is 1.00 bits per heavy atom. The summed E-state index contributed by atoms with van der Waals surface area (Å²) in [6.07, 6.45) is 1.53. The van der Waals surface area contributed by atoms with Gasteiger partial charge in [-0.1, -0.05) is 41.6 Å². The zero-order chi connectivity index (χ0) is 20.2. The van der Waals surface area contributed by atoms with E-state index in [2.05, 4.69) is 10.1 Å². The molecule has 2 aromatic carbocycles. The molecule has 0 spiro atoms. The van der Waals surface area contributed by atoms with Crippen LogP contribution in [0.15, 0.2) is 53.1 Å². The Morgan fingerprint density at radius 3 is 2.28 bits per heavy atom. The predicted molar refractivity (Wildman–Crippen MR) is 107 cm³/mol. The van der Waals surface area contributed by atoms with Crippen LogP contribution in [0.5, 0.6) is 11.5 Å². The van der Waals surface area contributed by atoms with Crippen LogP contribution in [0.3, 0.4) is 0 Å². The lowest BCUT2D eigenvalue weighted by molar-refractivity contribution is 0.0697. The highest BCUT2D eigenvalue weighted by molar-refractivity contribution is 5.99. The number of likely N-dealkylation sites (tertiary alicyclic amines) is 1. The van der Waals surface area contributed by atoms with Crippen molar-refractivity contribution in [2.45, 2.75) is 18.8 Å². The molecule has 0 radical (unpaired) electrons.